The maximum absolute atomic E-state index is 9.23. The van der Waals surface area contributed by atoms with Gasteiger partial charge in [0.2, 0.25) is 0 Å². The highest BCUT2D eigenvalue weighted by molar-refractivity contribution is 9.10. The topological polar surface area (TPSA) is 46.0 Å². The molecule has 0 saturated heterocycles. The Morgan fingerprint density at radius 2 is 2.31 bits per heavy atom. The van der Waals surface area contributed by atoms with E-state index in [0.29, 0.717) is 0 Å². The van der Waals surface area contributed by atoms with Crippen molar-refractivity contribution in [2.45, 2.75) is 22.8 Å². The molecule has 2 rings (SSSR count). The van der Waals surface area contributed by atoms with Crippen molar-refractivity contribution in [3.05, 3.63) is 34.1 Å². The third kappa shape index (κ3) is 2.82. The van der Waals surface area contributed by atoms with Gasteiger partial charge in [0.05, 0.1) is 6.61 Å². The first-order valence-corrected chi connectivity index (χ1v) is 6.95. The van der Waals surface area contributed by atoms with Gasteiger partial charge >= 0.3 is 0 Å². The predicted octanol–water partition coefficient (Wildman–Crippen LogP) is 3.25. The predicted molar refractivity (Wildman–Crippen MR) is 68.8 cm³/mol. The number of hydrogen-bond acceptors (Lipinski definition) is 5. The molecule has 0 aliphatic heterocycles. The highest BCUT2D eigenvalue weighted by Gasteiger charge is 2.08. The zero-order chi connectivity index (χ0) is 11.5. The molecule has 3 nitrogen and oxygen atoms in total. The largest absolute Gasteiger partial charge is 0.392 e. The minimum atomic E-state index is 0.0351. The lowest BCUT2D eigenvalue weighted by atomic mass is 10.2. The summed E-state index contributed by atoms with van der Waals surface area (Å²) in [6.45, 7) is 1.90. The van der Waals surface area contributed by atoms with E-state index in [9.17, 15) is 5.11 Å². The van der Waals surface area contributed by atoms with E-state index in [1.165, 1.54) is 23.3 Å². The van der Waals surface area contributed by atoms with Crippen molar-refractivity contribution in [2.24, 2.45) is 0 Å². The molecular weight excluding hydrogens is 308 g/mol. The number of aryl methyl sites for hydroxylation is 1. The summed E-state index contributed by atoms with van der Waals surface area (Å²) >= 11 is 6.32. The maximum Gasteiger partial charge on any atom is 0.174 e. The van der Waals surface area contributed by atoms with Crippen LogP contribution in [0.3, 0.4) is 0 Å². The number of aromatic nitrogens is 2. The highest BCUT2D eigenvalue weighted by Crippen LogP contribution is 2.33. The van der Waals surface area contributed by atoms with Crippen molar-refractivity contribution in [2.75, 3.05) is 0 Å². The summed E-state index contributed by atoms with van der Waals surface area (Å²) < 4.78 is 6.01. The maximum atomic E-state index is 9.23. The summed E-state index contributed by atoms with van der Waals surface area (Å²) in [5, 5.41) is 9.23. The lowest BCUT2D eigenvalue weighted by Gasteiger charge is -2.04. The van der Waals surface area contributed by atoms with Crippen LogP contribution in [-0.2, 0) is 6.61 Å². The first-order valence-electron chi connectivity index (χ1n) is 4.56. The average Bonchev–Trinajstić information content (AvgIpc) is 2.64. The Bertz CT molecular complexity index is 501. The van der Waals surface area contributed by atoms with Crippen LogP contribution in [0.4, 0.5) is 0 Å². The number of aliphatic hydroxyl groups excluding tert-OH is 1. The van der Waals surface area contributed by atoms with Crippen molar-refractivity contribution in [3.63, 3.8) is 0 Å². The fraction of sp³-hybridized carbons (Fsp3) is 0.200. The first kappa shape index (κ1) is 12.0. The molecule has 0 amide bonds. The van der Waals surface area contributed by atoms with E-state index in [4.69, 9.17) is 0 Å². The fourth-order valence-corrected chi connectivity index (χ4v) is 3.45. The van der Waals surface area contributed by atoms with Crippen LogP contribution >= 0.6 is 39.2 Å². The molecular formula is C10H9BrN2OS2. The highest BCUT2D eigenvalue weighted by atomic mass is 79.9. The van der Waals surface area contributed by atoms with E-state index in [1.54, 1.807) is 0 Å². The number of aliphatic hydroxyl groups is 1. The first-order chi connectivity index (χ1) is 7.69. The molecule has 0 radical (unpaired) electrons. The van der Waals surface area contributed by atoms with Gasteiger partial charge in [0.1, 0.15) is 5.82 Å². The van der Waals surface area contributed by atoms with E-state index < -0.39 is 0 Å². The molecule has 0 spiro atoms. The second-order valence-corrected chi connectivity index (χ2v) is 6.08. The number of rotatable bonds is 3. The van der Waals surface area contributed by atoms with E-state index in [-0.39, 0.29) is 6.61 Å². The summed E-state index contributed by atoms with van der Waals surface area (Å²) in [6.07, 6.45) is 0. The van der Waals surface area contributed by atoms with Crippen LogP contribution in [0.5, 0.6) is 0 Å². The molecule has 1 heterocycles. The molecule has 1 N–H and O–H groups in total. The van der Waals surface area contributed by atoms with Crippen LogP contribution in [0, 0.1) is 6.92 Å². The van der Waals surface area contributed by atoms with Crippen molar-refractivity contribution in [3.8, 4) is 0 Å². The smallest absolute Gasteiger partial charge is 0.174 e. The number of nitrogens with zero attached hydrogens (tertiary/aromatic N) is 2. The standard InChI is InChI=1S/C10H9BrN2OS2/c1-6-12-10(16-13-6)15-9-4-8(11)3-2-7(9)5-14/h2-4,14H,5H2,1H3. The Morgan fingerprint density at radius 1 is 1.50 bits per heavy atom. The van der Waals surface area contributed by atoms with Gasteiger partial charge in [-0.15, -0.1) is 0 Å². The lowest BCUT2D eigenvalue weighted by molar-refractivity contribution is 0.279. The molecule has 0 atom stereocenters. The molecule has 0 saturated carbocycles. The quantitative estimate of drug-likeness (QED) is 0.944. The van der Waals surface area contributed by atoms with Crippen molar-refractivity contribution in [1.82, 2.24) is 9.36 Å². The van der Waals surface area contributed by atoms with Gasteiger partial charge in [-0.05, 0) is 36.2 Å². The van der Waals surface area contributed by atoms with Crippen LogP contribution in [0.15, 0.2) is 31.9 Å². The minimum Gasteiger partial charge on any atom is -0.392 e. The Balaban J connectivity index is 2.29. The van der Waals surface area contributed by atoms with Gasteiger partial charge in [0.15, 0.2) is 4.34 Å². The van der Waals surface area contributed by atoms with Crippen molar-refractivity contribution in [1.29, 1.82) is 0 Å². The zero-order valence-electron chi connectivity index (χ0n) is 8.48. The molecule has 16 heavy (non-hydrogen) atoms. The minimum absolute atomic E-state index is 0.0351. The van der Waals surface area contributed by atoms with Crippen LogP contribution in [-0.4, -0.2) is 14.5 Å². The summed E-state index contributed by atoms with van der Waals surface area (Å²) in [4.78, 5) is 5.29. The second-order valence-electron chi connectivity index (χ2n) is 3.12. The third-order valence-electron chi connectivity index (χ3n) is 1.91. The van der Waals surface area contributed by atoms with Crippen molar-refractivity contribution >= 4 is 39.2 Å². The van der Waals surface area contributed by atoms with E-state index in [1.807, 2.05) is 25.1 Å². The molecule has 1 aromatic heterocycles. The Morgan fingerprint density at radius 3 is 2.94 bits per heavy atom. The number of hydrogen-bond donors (Lipinski definition) is 1. The molecule has 0 unspecified atom stereocenters. The van der Waals surface area contributed by atoms with E-state index in [0.717, 1.165) is 25.1 Å². The number of halogens is 1. The molecule has 0 aliphatic rings. The Kier molecular flexibility index (Phi) is 3.96. The molecule has 1 aromatic carbocycles. The summed E-state index contributed by atoms with van der Waals surface area (Å²) in [7, 11) is 0. The summed E-state index contributed by atoms with van der Waals surface area (Å²) in [5.74, 6) is 0.785. The lowest BCUT2D eigenvalue weighted by Crippen LogP contribution is -1.87. The average molecular weight is 317 g/mol. The van der Waals surface area contributed by atoms with Gasteiger partial charge in [0, 0.05) is 9.37 Å². The molecule has 6 heteroatoms. The summed E-state index contributed by atoms with van der Waals surface area (Å²) in [5.41, 5.74) is 0.904. The van der Waals surface area contributed by atoms with E-state index >= 15 is 0 Å². The van der Waals surface area contributed by atoms with Gasteiger partial charge in [0.25, 0.3) is 0 Å². The van der Waals surface area contributed by atoms with Gasteiger partial charge in [-0.3, -0.25) is 0 Å². The zero-order valence-corrected chi connectivity index (χ0v) is 11.7. The fourth-order valence-electron chi connectivity index (χ4n) is 1.17. The molecule has 0 fully saturated rings. The normalized spacial score (nSPS) is 10.7. The Labute approximate surface area is 110 Å². The van der Waals surface area contributed by atoms with Gasteiger partial charge in [-0.1, -0.05) is 33.8 Å². The van der Waals surface area contributed by atoms with Crippen LogP contribution < -0.4 is 0 Å². The van der Waals surface area contributed by atoms with Gasteiger partial charge in [-0.25, -0.2) is 4.98 Å². The monoisotopic (exact) mass is 316 g/mol. The van der Waals surface area contributed by atoms with E-state index in [2.05, 4.69) is 25.3 Å². The Hall–Kier alpha value is -0.430. The van der Waals surface area contributed by atoms with Gasteiger partial charge in [-0.2, -0.15) is 4.37 Å². The molecule has 2 aromatic rings. The molecule has 84 valence electrons. The van der Waals surface area contributed by atoms with Crippen LogP contribution in [0.1, 0.15) is 11.4 Å². The molecule has 0 bridgehead atoms. The second kappa shape index (κ2) is 5.27. The van der Waals surface area contributed by atoms with Crippen LogP contribution in [0.25, 0.3) is 0 Å². The van der Waals surface area contributed by atoms with Crippen molar-refractivity contribution < 1.29 is 5.11 Å². The number of benzene rings is 1. The summed E-state index contributed by atoms with van der Waals surface area (Å²) in [6, 6.07) is 5.80. The van der Waals surface area contributed by atoms with Gasteiger partial charge < -0.3 is 5.11 Å². The third-order valence-corrected chi connectivity index (χ3v) is 4.34. The SMILES string of the molecule is Cc1nsc(Sc2cc(Br)ccc2CO)n1. The molecule has 0 aliphatic carbocycles. The van der Waals surface area contributed by atoms with Crippen LogP contribution in [0.2, 0.25) is 0 Å².